The van der Waals surface area contributed by atoms with Crippen molar-refractivity contribution in [2.75, 3.05) is 26.2 Å². The summed E-state index contributed by atoms with van der Waals surface area (Å²) in [4.78, 5) is 44.5. The molecule has 3 heterocycles. The number of alkyl halides is 3. The first-order valence-electron chi connectivity index (χ1n) is 11.6. The van der Waals surface area contributed by atoms with Crippen molar-refractivity contribution in [1.82, 2.24) is 20.0 Å². The number of nitrogens with one attached hydrogen (secondary N) is 1. The van der Waals surface area contributed by atoms with Gasteiger partial charge in [-0.05, 0) is 37.3 Å². The van der Waals surface area contributed by atoms with Crippen molar-refractivity contribution in [2.45, 2.75) is 51.9 Å². The number of halogens is 3. The predicted molar refractivity (Wildman–Crippen MR) is 118 cm³/mol. The second-order valence-corrected chi connectivity index (χ2v) is 9.23. The lowest BCUT2D eigenvalue weighted by Gasteiger charge is -2.34. The summed E-state index contributed by atoms with van der Waals surface area (Å²) in [5.74, 6) is -0.880. The van der Waals surface area contributed by atoms with Gasteiger partial charge in [-0.25, -0.2) is 4.79 Å². The Hall–Kier alpha value is -3.04. The number of nitrogens with zero attached hydrogens (tertiary/aromatic N) is 3. The lowest BCUT2D eigenvalue weighted by molar-refractivity contribution is -0.144. The summed E-state index contributed by atoms with van der Waals surface area (Å²) in [5, 5.41) is 2.61. The van der Waals surface area contributed by atoms with Crippen molar-refractivity contribution in [1.29, 1.82) is 0 Å². The molecule has 184 valence electrons. The van der Waals surface area contributed by atoms with E-state index in [0.717, 1.165) is 18.9 Å². The third-order valence-electron chi connectivity index (χ3n) is 6.78. The highest BCUT2D eigenvalue weighted by molar-refractivity contribution is 6.03. The fourth-order valence-electron chi connectivity index (χ4n) is 5.22. The van der Waals surface area contributed by atoms with Gasteiger partial charge in [0.2, 0.25) is 5.91 Å². The van der Waals surface area contributed by atoms with Crippen LogP contribution in [-0.2, 0) is 15.8 Å². The molecular weight excluding hydrogens is 449 g/mol. The molecule has 0 radical (unpaired) electrons. The average molecular weight is 479 g/mol. The van der Waals surface area contributed by atoms with E-state index in [4.69, 9.17) is 0 Å². The van der Waals surface area contributed by atoms with Crippen molar-refractivity contribution in [2.24, 2.45) is 5.92 Å². The van der Waals surface area contributed by atoms with Gasteiger partial charge in [0, 0.05) is 19.6 Å². The van der Waals surface area contributed by atoms with Crippen LogP contribution in [-0.4, -0.2) is 64.8 Å². The molecule has 4 amide bonds. The van der Waals surface area contributed by atoms with Crippen LogP contribution in [0.25, 0.3) is 0 Å². The minimum Gasteiger partial charge on any atom is -0.341 e. The zero-order valence-electron chi connectivity index (χ0n) is 19.5. The molecule has 1 aromatic carbocycles. The molecule has 0 saturated carbocycles. The first kappa shape index (κ1) is 24.1. The number of hydrogen-bond donors (Lipinski definition) is 1. The Morgan fingerprint density at radius 2 is 1.79 bits per heavy atom. The van der Waals surface area contributed by atoms with Crippen LogP contribution < -0.4 is 5.32 Å². The van der Waals surface area contributed by atoms with Crippen LogP contribution in [0.15, 0.2) is 35.5 Å². The first-order chi connectivity index (χ1) is 16.1. The molecule has 1 aromatic rings. The van der Waals surface area contributed by atoms with Gasteiger partial charge in [-0.15, -0.1) is 0 Å². The number of likely N-dealkylation sites (N-methyl/N-ethyl adjacent to an activating group) is 1. The Morgan fingerprint density at radius 3 is 2.38 bits per heavy atom. The topological polar surface area (TPSA) is 73.0 Å². The molecule has 7 nitrogen and oxygen atoms in total. The molecule has 0 aromatic heterocycles. The maximum absolute atomic E-state index is 13.8. The second kappa shape index (κ2) is 8.96. The standard InChI is InChI=1S/C24H29F3N4O3/c1-4-30-17-13-31(20(14(2)3)22(33)29-11-7-8-12-29)21(32)18(17)19(28-23(30)34)15-9-5-6-10-16(15)24(25,26)27/h5-6,9-10,14,19-20H,4,7-8,11-13H2,1-3H3,(H,28,34). The van der Waals surface area contributed by atoms with Crippen LogP contribution in [0.3, 0.4) is 0 Å². The summed E-state index contributed by atoms with van der Waals surface area (Å²) in [5.41, 5.74) is -0.637. The van der Waals surface area contributed by atoms with Crippen molar-refractivity contribution in [3.05, 3.63) is 46.7 Å². The third kappa shape index (κ3) is 4.03. The minimum atomic E-state index is -4.66. The lowest BCUT2D eigenvalue weighted by atomic mass is 9.91. The van der Waals surface area contributed by atoms with Gasteiger partial charge < -0.3 is 15.1 Å². The van der Waals surface area contributed by atoms with E-state index in [1.807, 2.05) is 13.8 Å². The molecule has 0 spiro atoms. The molecular formula is C24H29F3N4O3. The Bertz CT molecular complexity index is 1030. The van der Waals surface area contributed by atoms with Gasteiger partial charge in [0.15, 0.2) is 0 Å². The van der Waals surface area contributed by atoms with E-state index in [1.54, 1.807) is 11.8 Å². The molecule has 0 bridgehead atoms. The maximum atomic E-state index is 13.8. The van der Waals surface area contributed by atoms with E-state index >= 15 is 0 Å². The Kier molecular flexibility index (Phi) is 6.35. The quantitative estimate of drug-likeness (QED) is 0.704. The van der Waals surface area contributed by atoms with Gasteiger partial charge in [-0.1, -0.05) is 32.0 Å². The second-order valence-electron chi connectivity index (χ2n) is 9.23. The zero-order valence-corrected chi connectivity index (χ0v) is 19.5. The number of carbonyl (C=O) groups is 3. The summed E-state index contributed by atoms with van der Waals surface area (Å²) in [6.45, 7) is 6.92. The summed E-state index contributed by atoms with van der Waals surface area (Å²) in [7, 11) is 0. The summed E-state index contributed by atoms with van der Waals surface area (Å²) < 4.78 is 41.4. The van der Waals surface area contributed by atoms with Gasteiger partial charge in [-0.2, -0.15) is 13.2 Å². The van der Waals surface area contributed by atoms with E-state index in [2.05, 4.69) is 5.32 Å². The van der Waals surface area contributed by atoms with Crippen LogP contribution in [0.5, 0.6) is 0 Å². The number of likely N-dealkylation sites (tertiary alicyclic amines) is 1. The molecule has 10 heteroatoms. The summed E-state index contributed by atoms with van der Waals surface area (Å²) in [6, 6.07) is 2.37. The summed E-state index contributed by atoms with van der Waals surface area (Å²) >= 11 is 0. The third-order valence-corrected chi connectivity index (χ3v) is 6.78. The largest absolute Gasteiger partial charge is 0.416 e. The van der Waals surface area contributed by atoms with E-state index < -0.39 is 35.8 Å². The highest BCUT2D eigenvalue weighted by Crippen LogP contribution is 2.42. The normalized spacial score (nSPS) is 22.0. The van der Waals surface area contributed by atoms with Gasteiger partial charge in [0.25, 0.3) is 5.91 Å². The van der Waals surface area contributed by atoms with Crippen molar-refractivity contribution in [3.63, 3.8) is 0 Å². The highest BCUT2D eigenvalue weighted by Gasteiger charge is 2.49. The van der Waals surface area contributed by atoms with Crippen LogP contribution in [0, 0.1) is 5.92 Å². The smallest absolute Gasteiger partial charge is 0.341 e. The first-order valence-corrected chi connectivity index (χ1v) is 11.6. The molecule has 0 aliphatic carbocycles. The zero-order chi connectivity index (χ0) is 24.8. The molecule has 1 saturated heterocycles. The number of rotatable bonds is 5. The Labute approximate surface area is 196 Å². The van der Waals surface area contributed by atoms with E-state index in [9.17, 15) is 27.6 Å². The average Bonchev–Trinajstić information content (AvgIpc) is 3.42. The summed E-state index contributed by atoms with van der Waals surface area (Å²) in [6.07, 6.45) is -2.85. The fraction of sp³-hybridized carbons (Fsp3) is 0.542. The van der Waals surface area contributed by atoms with Crippen molar-refractivity contribution < 1.29 is 27.6 Å². The van der Waals surface area contributed by atoms with Crippen LogP contribution >= 0.6 is 0 Å². The van der Waals surface area contributed by atoms with Crippen LogP contribution in [0.4, 0.5) is 18.0 Å². The number of amides is 4. The molecule has 3 aliphatic rings. The number of urea groups is 1. The lowest BCUT2D eigenvalue weighted by Crippen LogP contribution is -2.52. The van der Waals surface area contributed by atoms with Crippen LogP contribution in [0.2, 0.25) is 0 Å². The van der Waals surface area contributed by atoms with E-state index in [0.29, 0.717) is 18.8 Å². The van der Waals surface area contributed by atoms with Gasteiger partial charge in [0.1, 0.15) is 6.04 Å². The fourth-order valence-corrected chi connectivity index (χ4v) is 5.22. The van der Waals surface area contributed by atoms with Crippen molar-refractivity contribution >= 4 is 17.8 Å². The van der Waals surface area contributed by atoms with Crippen LogP contribution in [0.1, 0.15) is 50.8 Å². The SMILES string of the molecule is CCN1C(=O)NC(c2ccccc2C(F)(F)F)C2=C1CN(C(C(=O)N1CCCC1)C(C)C)C2=O. The van der Waals surface area contributed by atoms with Gasteiger partial charge >= 0.3 is 12.2 Å². The molecule has 34 heavy (non-hydrogen) atoms. The van der Waals surface area contributed by atoms with Crippen molar-refractivity contribution in [3.8, 4) is 0 Å². The van der Waals surface area contributed by atoms with Gasteiger partial charge in [-0.3, -0.25) is 14.5 Å². The van der Waals surface area contributed by atoms with E-state index in [-0.39, 0.29) is 36.1 Å². The molecule has 2 unspecified atom stereocenters. The van der Waals surface area contributed by atoms with Gasteiger partial charge in [0.05, 0.1) is 29.4 Å². The predicted octanol–water partition coefficient (Wildman–Crippen LogP) is 3.53. The monoisotopic (exact) mass is 478 g/mol. The number of benzene rings is 1. The molecule has 4 rings (SSSR count). The Balaban J connectivity index is 1.77. The molecule has 1 fully saturated rings. The number of carbonyl (C=O) groups excluding carboxylic acids is 3. The Morgan fingerprint density at radius 1 is 1.15 bits per heavy atom. The maximum Gasteiger partial charge on any atom is 0.416 e. The minimum absolute atomic E-state index is 0.00252. The molecule has 2 atom stereocenters. The molecule has 1 N–H and O–H groups in total. The highest BCUT2D eigenvalue weighted by atomic mass is 19.4. The van der Waals surface area contributed by atoms with E-state index in [1.165, 1.54) is 28.0 Å². The molecule has 3 aliphatic heterocycles. The number of hydrogen-bond acceptors (Lipinski definition) is 3.